The predicted molar refractivity (Wildman–Crippen MR) is 83.0 cm³/mol. The van der Waals surface area contributed by atoms with E-state index >= 15 is 0 Å². The van der Waals surface area contributed by atoms with Crippen LogP contribution >= 0.6 is 0 Å². The zero-order chi connectivity index (χ0) is 14.7. The summed E-state index contributed by atoms with van der Waals surface area (Å²) in [5, 5.41) is 12.0. The Morgan fingerprint density at radius 2 is 2.14 bits per heavy atom. The summed E-state index contributed by atoms with van der Waals surface area (Å²) in [5.41, 5.74) is 1.06. The fourth-order valence-corrected chi connectivity index (χ4v) is 2.96. The molecule has 1 aliphatic heterocycles. The molecule has 6 nitrogen and oxygen atoms in total. The van der Waals surface area contributed by atoms with Gasteiger partial charge in [-0.3, -0.25) is 9.58 Å². The summed E-state index contributed by atoms with van der Waals surface area (Å²) in [5.74, 6) is 0. The second-order valence-corrected chi connectivity index (χ2v) is 6.47. The van der Waals surface area contributed by atoms with Gasteiger partial charge in [-0.1, -0.05) is 12.1 Å². The molecule has 2 aliphatic rings. The Kier molecular flexibility index (Phi) is 4.87. The van der Waals surface area contributed by atoms with Crippen LogP contribution in [-0.4, -0.2) is 70.1 Å². The highest BCUT2D eigenvalue weighted by molar-refractivity contribution is 4.94. The molecule has 21 heavy (non-hydrogen) atoms. The first-order valence-electron chi connectivity index (χ1n) is 8.29. The quantitative estimate of drug-likeness (QED) is 0.795. The topological polar surface area (TPSA) is 49.2 Å². The fraction of sp³-hybridized carbons (Fsp3) is 0.867. The van der Waals surface area contributed by atoms with Gasteiger partial charge in [0.05, 0.1) is 12.2 Å². The van der Waals surface area contributed by atoms with E-state index in [0.717, 1.165) is 37.9 Å². The number of hydrogen-bond acceptors (Lipinski definition) is 5. The molecule has 3 rings (SSSR count). The van der Waals surface area contributed by atoms with Gasteiger partial charge in [-0.05, 0) is 26.3 Å². The Balaban J connectivity index is 1.42. The summed E-state index contributed by atoms with van der Waals surface area (Å²) < 4.78 is 1.99. The van der Waals surface area contributed by atoms with Crippen molar-refractivity contribution in [1.82, 2.24) is 30.1 Å². The molecule has 1 N–H and O–H groups in total. The molecule has 0 radical (unpaired) electrons. The monoisotopic (exact) mass is 292 g/mol. The van der Waals surface area contributed by atoms with E-state index in [4.69, 9.17) is 0 Å². The molecular formula is C15H28N6. The van der Waals surface area contributed by atoms with Crippen molar-refractivity contribution in [1.29, 1.82) is 0 Å². The van der Waals surface area contributed by atoms with Crippen molar-refractivity contribution in [2.45, 2.75) is 51.4 Å². The van der Waals surface area contributed by atoms with Crippen molar-refractivity contribution in [2.24, 2.45) is 0 Å². The number of piperazine rings is 1. The van der Waals surface area contributed by atoms with Gasteiger partial charge in [-0.15, -0.1) is 5.10 Å². The van der Waals surface area contributed by atoms with Gasteiger partial charge in [0.25, 0.3) is 0 Å². The lowest BCUT2D eigenvalue weighted by atomic mass is 10.1. The zero-order valence-electron chi connectivity index (χ0n) is 13.3. The van der Waals surface area contributed by atoms with Crippen molar-refractivity contribution in [2.75, 3.05) is 33.2 Å². The molecule has 1 saturated heterocycles. The Bertz CT molecular complexity index is 441. The molecule has 0 bridgehead atoms. The second-order valence-electron chi connectivity index (χ2n) is 6.47. The zero-order valence-corrected chi connectivity index (χ0v) is 13.3. The van der Waals surface area contributed by atoms with Gasteiger partial charge in [0.15, 0.2) is 0 Å². The molecule has 1 aromatic rings. The van der Waals surface area contributed by atoms with E-state index in [1.165, 1.54) is 32.4 Å². The van der Waals surface area contributed by atoms with Crippen LogP contribution in [0.2, 0.25) is 0 Å². The first-order chi connectivity index (χ1) is 10.2. The lowest BCUT2D eigenvalue weighted by Gasteiger charge is -2.39. The van der Waals surface area contributed by atoms with Gasteiger partial charge < -0.3 is 10.2 Å². The molecular weight excluding hydrogens is 264 g/mol. The van der Waals surface area contributed by atoms with Crippen LogP contribution in [0, 0.1) is 0 Å². The van der Waals surface area contributed by atoms with Gasteiger partial charge >= 0.3 is 0 Å². The molecule has 1 aliphatic carbocycles. The van der Waals surface area contributed by atoms with Gasteiger partial charge in [0.1, 0.15) is 0 Å². The van der Waals surface area contributed by atoms with E-state index in [2.05, 4.69) is 45.6 Å². The summed E-state index contributed by atoms with van der Waals surface area (Å²) in [7, 11) is 2.24. The second kappa shape index (κ2) is 6.85. The van der Waals surface area contributed by atoms with Crippen LogP contribution in [0.25, 0.3) is 0 Å². The fourth-order valence-electron chi connectivity index (χ4n) is 2.96. The molecule has 1 atom stereocenters. The van der Waals surface area contributed by atoms with E-state index in [-0.39, 0.29) is 0 Å². The summed E-state index contributed by atoms with van der Waals surface area (Å²) >= 11 is 0. The molecule has 1 unspecified atom stereocenters. The van der Waals surface area contributed by atoms with Crippen molar-refractivity contribution in [3.63, 3.8) is 0 Å². The first kappa shape index (κ1) is 14.9. The third-order valence-electron chi connectivity index (χ3n) is 4.71. The minimum absolute atomic E-state index is 0.702. The van der Waals surface area contributed by atoms with E-state index in [9.17, 15) is 0 Å². The van der Waals surface area contributed by atoms with Gasteiger partial charge in [0.2, 0.25) is 0 Å². The largest absolute Gasteiger partial charge is 0.308 e. The standard InChI is InChI=1S/C15H28N6/c1-3-15-12-20(7-6-19(15)2)8-9-21-11-14(17-18-21)10-16-13-4-5-13/h11,13,15-16H,3-10,12H2,1-2H3. The Morgan fingerprint density at radius 1 is 1.29 bits per heavy atom. The highest BCUT2D eigenvalue weighted by atomic mass is 15.4. The van der Waals surface area contributed by atoms with Crippen LogP contribution in [-0.2, 0) is 13.1 Å². The van der Waals surface area contributed by atoms with Crippen molar-refractivity contribution < 1.29 is 0 Å². The maximum absolute atomic E-state index is 4.25. The molecule has 2 heterocycles. The van der Waals surface area contributed by atoms with Gasteiger partial charge in [-0.25, -0.2) is 0 Å². The maximum Gasteiger partial charge on any atom is 0.0964 e. The van der Waals surface area contributed by atoms with Crippen LogP contribution in [0.3, 0.4) is 0 Å². The van der Waals surface area contributed by atoms with E-state index < -0.39 is 0 Å². The lowest BCUT2D eigenvalue weighted by molar-refractivity contribution is 0.0899. The van der Waals surface area contributed by atoms with E-state index in [1.807, 2.05) is 4.68 Å². The Morgan fingerprint density at radius 3 is 2.90 bits per heavy atom. The molecule has 1 aromatic heterocycles. The summed E-state index contributed by atoms with van der Waals surface area (Å²) in [6, 6.07) is 1.43. The van der Waals surface area contributed by atoms with Crippen molar-refractivity contribution >= 4 is 0 Å². The first-order valence-corrected chi connectivity index (χ1v) is 8.29. The maximum atomic E-state index is 4.25. The molecule has 0 amide bonds. The number of rotatable bonds is 7. The van der Waals surface area contributed by atoms with Gasteiger partial charge in [-0.2, -0.15) is 0 Å². The van der Waals surface area contributed by atoms with Crippen LogP contribution in [0.1, 0.15) is 31.9 Å². The Labute approximate surface area is 127 Å². The molecule has 0 aromatic carbocycles. The lowest BCUT2D eigenvalue weighted by Crippen LogP contribution is -2.51. The molecule has 6 heteroatoms. The number of likely N-dealkylation sites (N-methyl/N-ethyl adjacent to an activating group) is 1. The Hall–Kier alpha value is -0.980. The normalized spacial score (nSPS) is 24.6. The minimum Gasteiger partial charge on any atom is -0.308 e. The highest BCUT2D eigenvalue weighted by Gasteiger charge is 2.22. The number of nitrogens with one attached hydrogen (secondary N) is 1. The van der Waals surface area contributed by atoms with Crippen molar-refractivity contribution in [3.8, 4) is 0 Å². The summed E-state index contributed by atoms with van der Waals surface area (Å²) in [4.78, 5) is 5.03. The third-order valence-corrected chi connectivity index (χ3v) is 4.71. The van der Waals surface area contributed by atoms with Crippen LogP contribution in [0.5, 0.6) is 0 Å². The summed E-state index contributed by atoms with van der Waals surface area (Å²) in [6.07, 6.45) is 5.95. The van der Waals surface area contributed by atoms with E-state index in [1.54, 1.807) is 0 Å². The van der Waals surface area contributed by atoms with Crippen molar-refractivity contribution in [3.05, 3.63) is 11.9 Å². The average molecular weight is 292 g/mol. The number of aromatic nitrogens is 3. The number of nitrogens with zero attached hydrogens (tertiary/aromatic N) is 5. The van der Waals surface area contributed by atoms with E-state index in [0.29, 0.717) is 6.04 Å². The van der Waals surface area contributed by atoms with Crippen LogP contribution < -0.4 is 5.32 Å². The number of hydrogen-bond donors (Lipinski definition) is 1. The smallest absolute Gasteiger partial charge is 0.0964 e. The molecule has 118 valence electrons. The highest BCUT2D eigenvalue weighted by Crippen LogP contribution is 2.18. The van der Waals surface area contributed by atoms with Crippen LogP contribution in [0.4, 0.5) is 0 Å². The molecule has 0 spiro atoms. The molecule has 2 fully saturated rings. The van der Waals surface area contributed by atoms with Gasteiger partial charge in [0, 0.05) is 51.0 Å². The summed E-state index contributed by atoms with van der Waals surface area (Å²) in [6.45, 7) is 8.67. The average Bonchev–Trinajstić information content (AvgIpc) is 3.22. The molecule has 1 saturated carbocycles. The minimum atomic E-state index is 0.702. The third kappa shape index (κ3) is 4.25. The predicted octanol–water partition coefficient (Wildman–Crippen LogP) is 0.556. The van der Waals surface area contributed by atoms with Crippen LogP contribution in [0.15, 0.2) is 6.20 Å². The SMILES string of the molecule is CCC1CN(CCn2cc(CNC3CC3)nn2)CCN1C.